The molecule has 1 aromatic carbocycles. The lowest BCUT2D eigenvalue weighted by molar-refractivity contribution is -0.137. The van der Waals surface area contributed by atoms with E-state index in [4.69, 9.17) is 5.11 Å². The number of carboxylic acid groups (broad SMARTS) is 1. The average Bonchev–Trinajstić information content (AvgIpc) is 3.03. The van der Waals surface area contributed by atoms with Crippen LogP contribution >= 0.6 is 0 Å². The van der Waals surface area contributed by atoms with Crippen molar-refractivity contribution in [2.45, 2.75) is 39.2 Å². The smallest absolute Gasteiger partial charge is 0.305 e. The van der Waals surface area contributed by atoms with Crippen LogP contribution in [0.25, 0.3) is 10.9 Å². The van der Waals surface area contributed by atoms with Crippen molar-refractivity contribution in [3.8, 4) is 0 Å². The molecule has 1 aromatic heterocycles. The van der Waals surface area contributed by atoms with Crippen LogP contribution in [0, 0.1) is 13.8 Å². The molecule has 2 heterocycles. The number of hydrogen-bond acceptors (Lipinski definition) is 2. The summed E-state index contributed by atoms with van der Waals surface area (Å²) in [4.78, 5) is 28.5. The molecule has 1 unspecified atom stereocenters. The van der Waals surface area contributed by atoms with Crippen molar-refractivity contribution in [3.05, 3.63) is 35.0 Å². The maximum absolute atomic E-state index is 12.7. The fourth-order valence-corrected chi connectivity index (χ4v) is 3.39. The van der Waals surface area contributed by atoms with E-state index < -0.39 is 5.97 Å². The van der Waals surface area contributed by atoms with E-state index in [9.17, 15) is 9.59 Å². The highest BCUT2D eigenvalue weighted by atomic mass is 16.4. The number of H-pyrrole nitrogens is 1. The van der Waals surface area contributed by atoms with Gasteiger partial charge in [-0.15, -0.1) is 0 Å². The summed E-state index contributed by atoms with van der Waals surface area (Å²) in [5.41, 5.74) is 3.78. The third kappa shape index (κ3) is 2.58. The van der Waals surface area contributed by atoms with Gasteiger partial charge < -0.3 is 15.0 Å². The first-order valence-electron chi connectivity index (χ1n) is 7.58. The van der Waals surface area contributed by atoms with E-state index in [1.54, 1.807) is 4.90 Å². The van der Waals surface area contributed by atoms with Crippen molar-refractivity contribution in [1.82, 2.24) is 9.88 Å². The minimum atomic E-state index is -0.854. The number of nitrogens with zero attached hydrogens (tertiary/aromatic N) is 1. The second-order valence-electron chi connectivity index (χ2n) is 6.12. The van der Waals surface area contributed by atoms with Crippen molar-refractivity contribution in [3.63, 3.8) is 0 Å². The van der Waals surface area contributed by atoms with Crippen LogP contribution in [-0.4, -0.2) is 39.5 Å². The van der Waals surface area contributed by atoms with Gasteiger partial charge in [0.05, 0.1) is 6.42 Å². The largest absolute Gasteiger partial charge is 0.481 e. The van der Waals surface area contributed by atoms with Crippen LogP contribution in [0.3, 0.4) is 0 Å². The SMILES string of the molecule is Cc1cc(C)c2cc(C(=O)N3CCCC3CC(=O)O)[nH]c2c1. The van der Waals surface area contributed by atoms with E-state index in [0.717, 1.165) is 34.9 Å². The maximum Gasteiger partial charge on any atom is 0.305 e. The fraction of sp³-hybridized carbons (Fsp3) is 0.412. The lowest BCUT2D eigenvalue weighted by Crippen LogP contribution is -2.37. The van der Waals surface area contributed by atoms with Crippen molar-refractivity contribution < 1.29 is 14.7 Å². The monoisotopic (exact) mass is 300 g/mol. The minimum Gasteiger partial charge on any atom is -0.481 e. The number of aryl methyl sites for hydroxylation is 2. The quantitative estimate of drug-likeness (QED) is 0.915. The molecule has 5 nitrogen and oxygen atoms in total. The molecule has 0 spiro atoms. The number of carbonyl (C=O) groups is 2. The predicted molar refractivity (Wildman–Crippen MR) is 84.1 cm³/mol. The molecule has 116 valence electrons. The molecule has 1 fully saturated rings. The highest BCUT2D eigenvalue weighted by molar-refractivity contribution is 5.99. The van der Waals surface area contributed by atoms with Gasteiger partial charge in [-0.05, 0) is 49.9 Å². The molecule has 1 atom stereocenters. The van der Waals surface area contributed by atoms with E-state index in [1.165, 1.54) is 0 Å². The van der Waals surface area contributed by atoms with Gasteiger partial charge in [0, 0.05) is 23.5 Å². The van der Waals surface area contributed by atoms with E-state index in [1.807, 2.05) is 26.0 Å². The number of benzene rings is 1. The number of aliphatic carboxylic acids is 1. The lowest BCUT2D eigenvalue weighted by atomic mass is 10.1. The second-order valence-corrected chi connectivity index (χ2v) is 6.12. The molecule has 1 aliphatic heterocycles. The predicted octanol–water partition coefficient (Wildman–Crippen LogP) is 2.86. The van der Waals surface area contributed by atoms with Crippen LogP contribution in [0.4, 0.5) is 0 Å². The molecule has 0 saturated carbocycles. The zero-order chi connectivity index (χ0) is 15.9. The molecular weight excluding hydrogens is 280 g/mol. The minimum absolute atomic E-state index is 0.0180. The van der Waals surface area contributed by atoms with Crippen molar-refractivity contribution in [2.24, 2.45) is 0 Å². The maximum atomic E-state index is 12.7. The molecule has 5 heteroatoms. The van der Waals surface area contributed by atoms with Gasteiger partial charge in [-0.3, -0.25) is 9.59 Å². The standard InChI is InChI=1S/C17H20N2O3/c1-10-6-11(2)13-9-15(18-14(13)7-10)17(22)19-5-3-4-12(19)8-16(20)21/h6-7,9,12,18H,3-5,8H2,1-2H3,(H,20,21). The number of nitrogens with one attached hydrogen (secondary N) is 1. The average molecular weight is 300 g/mol. The summed E-state index contributed by atoms with van der Waals surface area (Å²) in [6.45, 7) is 4.68. The molecule has 1 aliphatic rings. The van der Waals surface area contributed by atoms with Gasteiger partial charge in [-0.25, -0.2) is 0 Å². The normalized spacial score (nSPS) is 18.1. The zero-order valence-electron chi connectivity index (χ0n) is 12.8. The molecule has 1 saturated heterocycles. The van der Waals surface area contributed by atoms with Crippen LogP contribution in [-0.2, 0) is 4.79 Å². The van der Waals surface area contributed by atoms with Crippen LogP contribution in [0.1, 0.15) is 40.9 Å². The Bertz CT molecular complexity index is 748. The molecule has 2 N–H and O–H groups in total. The van der Waals surface area contributed by atoms with Crippen molar-refractivity contribution in [1.29, 1.82) is 0 Å². The topological polar surface area (TPSA) is 73.4 Å². The Morgan fingerprint density at radius 1 is 1.32 bits per heavy atom. The van der Waals surface area contributed by atoms with E-state index in [2.05, 4.69) is 11.1 Å². The third-order valence-electron chi connectivity index (χ3n) is 4.37. The fourth-order valence-electron chi connectivity index (χ4n) is 3.39. The van der Waals surface area contributed by atoms with Crippen LogP contribution in [0.15, 0.2) is 18.2 Å². The molecule has 0 aliphatic carbocycles. The summed E-state index contributed by atoms with van der Waals surface area (Å²) in [6.07, 6.45) is 1.64. The number of rotatable bonds is 3. The Balaban J connectivity index is 1.91. The van der Waals surface area contributed by atoms with E-state index in [0.29, 0.717) is 12.2 Å². The number of hydrogen-bond donors (Lipinski definition) is 2. The van der Waals surface area contributed by atoms with Crippen molar-refractivity contribution in [2.75, 3.05) is 6.54 Å². The Morgan fingerprint density at radius 2 is 2.09 bits per heavy atom. The first-order valence-corrected chi connectivity index (χ1v) is 7.58. The summed E-state index contributed by atoms with van der Waals surface area (Å²) in [7, 11) is 0. The number of carbonyl (C=O) groups excluding carboxylic acids is 1. The van der Waals surface area contributed by atoms with Gasteiger partial charge in [0.15, 0.2) is 0 Å². The van der Waals surface area contributed by atoms with Gasteiger partial charge in [0.25, 0.3) is 5.91 Å². The summed E-state index contributed by atoms with van der Waals surface area (Å²) in [5.74, 6) is -0.954. The number of fused-ring (bicyclic) bond motifs is 1. The highest BCUT2D eigenvalue weighted by Crippen LogP contribution is 2.26. The summed E-state index contributed by atoms with van der Waals surface area (Å²) < 4.78 is 0. The van der Waals surface area contributed by atoms with Gasteiger partial charge in [-0.2, -0.15) is 0 Å². The Labute approximate surface area is 128 Å². The number of amides is 1. The number of carboxylic acids is 1. The molecule has 22 heavy (non-hydrogen) atoms. The number of likely N-dealkylation sites (tertiary alicyclic amines) is 1. The van der Waals surface area contributed by atoms with Crippen LogP contribution in [0.5, 0.6) is 0 Å². The highest BCUT2D eigenvalue weighted by Gasteiger charge is 2.31. The van der Waals surface area contributed by atoms with Gasteiger partial charge >= 0.3 is 5.97 Å². The first kappa shape index (κ1) is 14.6. The van der Waals surface area contributed by atoms with Gasteiger partial charge in [0.1, 0.15) is 5.69 Å². The Hall–Kier alpha value is -2.30. The van der Waals surface area contributed by atoms with Gasteiger partial charge in [0.2, 0.25) is 0 Å². The van der Waals surface area contributed by atoms with E-state index >= 15 is 0 Å². The first-order chi connectivity index (χ1) is 10.5. The molecule has 2 aromatic rings. The molecule has 0 bridgehead atoms. The third-order valence-corrected chi connectivity index (χ3v) is 4.37. The number of aromatic nitrogens is 1. The van der Waals surface area contributed by atoms with Gasteiger partial charge in [-0.1, -0.05) is 6.07 Å². The Kier molecular flexibility index (Phi) is 3.64. The number of aromatic amines is 1. The second kappa shape index (κ2) is 5.48. The summed E-state index contributed by atoms with van der Waals surface area (Å²) in [6, 6.07) is 5.80. The van der Waals surface area contributed by atoms with Crippen LogP contribution < -0.4 is 0 Å². The molecular formula is C17H20N2O3. The molecule has 0 radical (unpaired) electrons. The zero-order valence-corrected chi connectivity index (χ0v) is 12.8. The summed E-state index contributed by atoms with van der Waals surface area (Å²) in [5, 5.41) is 10.0. The van der Waals surface area contributed by atoms with Crippen LogP contribution in [0.2, 0.25) is 0 Å². The van der Waals surface area contributed by atoms with E-state index in [-0.39, 0.29) is 18.4 Å². The van der Waals surface area contributed by atoms with Crippen molar-refractivity contribution >= 4 is 22.8 Å². The molecule has 3 rings (SSSR count). The molecule has 1 amide bonds. The Morgan fingerprint density at radius 3 is 2.82 bits per heavy atom. The summed E-state index contributed by atoms with van der Waals surface area (Å²) >= 11 is 0. The lowest BCUT2D eigenvalue weighted by Gasteiger charge is -2.22.